The number of carbonyl (C=O) groups is 2. The molecular formula is C18H18ClN3O5. The van der Waals surface area contributed by atoms with Crippen LogP contribution in [-0.2, 0) is 19.1 Å². The van der Waals surface area contributed by atoms with Crippen molar-refractivity contribution in [2.45, 2.75) is 19.8 Å². The largest absolute Gasteiger partial charge is 0.466 e. The molecule has 0 saturated heterocycles. The maximum Gasteiger partial charge on any atom is 0.336 e. The first kappa shape index (κ1) is 18.9. The highest BCUT2D eigenvalue weighted by molar-refractivity contribution is 6.18. The van der Waals surface area contributed by atoms with E-state index >= 15 is 0 Å². The normalized spacial score (nSPS) is 17.1. The molecule has 0 spiro atoms. The summed E-state index contributed by atoms with van der Waals surface area (Å²) < 4.78 is 15.0. The highest BCUT2D eigenvalue weighted by Crippen LogP contribution is 2.41. The Morgan fingerprint density at radius 3 is 2.56 bits per heavy atom. The van der Waals surface area contributed by atoms with Gasteiger partial charge in [0.25, 0.3) is 0 Å². The van der Waals surface area contributed by atoms with Crippen molar-refractivity contribution in [2.24, 2.45) is 0 Å². The van der Waals surface area contributed by atoms with Crippen molar-refractivity contribution >= 4 is 34.6 Å². The van der Waals surface area contributed by atoms with Gasteiger partial charge in [0.1, 0.15) is 17.6 Å². The topological polar surface area (TPSA) is 104 Å². The fourth-order valence-electron chi connectivity index (χ4n) is 3.23. The number of hydrogen-bond donors (Lipinski definition) is 1. The first-order valence-electron chi connectivity index (χ1n) is 8.20. The predicted molar refractivity (Wildman–Crippen MR) is 96.8 cm³/mol. The van der Waals surface area contributed by atoms with Gasteiger partial charge in [0.05, 0.1) is 30.1 Å². The van der Waals surface area contributed by atoms with Crippen LogP contribution in [-0.4, -0.2) is 41.8 Å². The first-order valence-corrected chi connectivity index (χ1v) is 8.74. The number of carbonyl (C=O) groups excluding carboxylic acids is 2. The van der Waals surface area contributed by atoms with Crippen molar-refractivity contribution in [2.75, 3.05) is 19.6 Å². The molecule has 0 amide bonds. The average Bonchev–Trinajstić information content (AvgIpc) is 3.13. The third-order valence-electron chi connectivity index (χ3n) is 4.32. The molecule has 27 heavy (non-hydrogen) atoms. The number of aromatic nitrogens is 2. The van der Waals surface area contributed by atoms with Crippen LogP contribution in [0.15, 0.2) is 45.4 Å². The van der Waals surface area contributed by atoms with Crippen LogP contribution in [0.5, 0.6) is 0 Å². The number of fused-ring (bicyclic) bond motifs is 1. The number of hydrogen-bond acceptors (Lipinski definition) is 8. The van der Waals surface area contributed by atoms with Crippen molar-refractivity contribution in [1.82, 2.24) is 15.6 Å². The Kier molecular flexibility index (Phi) is 5.46. The lowest BCUT2D eigenvalue weighted by Crippen LogP contribution is -2.32. The molecule has 142 valence electrons. The molecule has 1 aliphatic heterocycles. The molecule has 0 bridgehead atoms. The SMILES string of the molecule is COC(=O)C1=C(C)NC(C)=C(C(=O)OCCCl)C1c1cccc2nonc12. The zero-order valence-corrected chi connectivity index (χ0v) is 15.8. The molecule has 1 N–H and O–H groups in total. The summed E-state index contributed by atoms with van der Waals surface area (Å²) in [5.41, 5.74) is 3.27. The second-order valence-corrected chi connectivity index (χ2v) is 6.31. The van der Waals surface area contributed by atoms with E-state index < -0.39 is 17.9 Å². The standard InChI is InChI=1S/C18H18ClN3O5/c1-9-13(17(23)25-3)15(11-5-4-6-12-16(11)22-27-21-12)14(10(2)20-9)18(24)26-8-7-19/h4-6,15,20H,7-8H2,1-3H3. The molecule has 9 heteroatoms. The molecular weight excluding hydrogens is 374 g/mol. The summed E-state index contributed by atoms with van der Waals surface area (Å²) >= 11 is 5.64. The molecule has 1 aliphatic rings. The van der Waals surface area contributed by atoms with Crippen molar-refractivity contribution in [3.05, 3.63) is 46.3 Å². The van der Waals surface area contributed by atoms with Crippen LogP contribution in [0.25, 0.3) is 11.0 Å². The van der Waals surface area contributed by atoms with Crippen LogP contribution >= 0.6 is 11.6 Å². The number of ether oxygens (including phenoxy) is 2. The number of benzene rings is 1. The number of nitrogens with zero attached hydrogens (tertiary/aromatic N) is 2. The van der Waals surface area contributed by atoms with E-state index in [9.17, 15) is 9.59 Å². The zero-order valence-electron chi connectivity index (χ0n) is 15.0. The number of esters is 2. The lowest BCUT2D eigenvalue weighted by Gasteiger charge is -2.30. The Bertz CT molecular complexity index is 963. The van der Waals surface area contributed by atoms with Crippen molar-refractivity contribution in [1.29, 1.82) is 0 Å². The van der Waals surface area contributed by atoms with Gasteiger partial charge >= 0.3 is 11.9 Å². The van der Waals surface area contributed by atoms with Gasteiger partial charge in [-0.2, -0.15) is 0 Å². The third-order valence-corrected chi connectivity index (χ3v) is 4.48. The summed E-state index contributed by atoms with van der Waals surface area (Å²) in [5, 5.41) is 10.8. The molecule has 0 aliphatic carbocycles. The van der Waals surface area contributed by atoms with E-state index in [1.807, 2.05) is 0 Å². The summed E-state index contributed by atoms with van der Waals surface area (Å²) in [6, 6.07) is 5.25. The number of allylic oxidation sites excluding steroid dienone is 2. The molecule has 1 atom stereocenters. The van der Waals surface area contributed by atoms with Crippen LogP contribution < -0.4 is 5.32 Å². The molecule has 0 saturated carbocycles. The zero-order chi connectivity index (χ0) is 19.6. The molecule has 2 aromatic rings. The number of nitrogens with one attached hydrogen (secondary N) is 1. The molecule has 0 fully saturated rings. The molecule has 1 aromatic carbocycles. The van der Waals surface area contributed by atoms with E-state index in [1.165, 1.54) is 7.11 Å². The Hall–Kier alpha value is -2.87. The minimum Gasteiger partial charge on any atom is -0.466 e. The van der Waals surface area contributed by atoms with Crippen molar-refractivity contribution in [3.8, 4) is 0 Å². The van der Waals surface area contributed by atoms with E-state index in [0.29, 0.717) is 28.0 Å². The van der Waals surface area contributed by atoms with Crippen LogP contribution in [0.3, 0.4) is 0 Å². The molecule has 0 radical (unpaired) electrons. The van der Waals surface area contributed by atoms with Gasteiger partial charge in [-0.3, -0.25) is 0 Å². The second kappa shape index (κ2) is 7.79. The van der Waals surface area contributed by atoms with Crippen LogP contribution in [0.4, 0.5) is 0 Å². The number of rotatable bonds is 5. The van der Waals surface area contributed by atoms with E-state index in [0.717, 1.165) is 0 Å². The summed E-state index contributed by atoms with van der Waals surface area (Å²) in [6.45, 7) is 3.53. The fraction of sp³-hybridized carbons (Fsp3) is 0.333. The summed E-state index contributed by atoms with van der Waals surface area (Å²) in [4.78, 5) is 25.3. The summed E-state index contributed by atoms with van der Waals surface area (Å²) in [5.74, 6) is -1.73. The monoisotopic (exact) mass is 391 g/mol. The smallest absolute Gasteiger partial charge is 0.336 e. The van der Waals surface area contributed by atoms with Gasteiger partial charge in [0, 0.05) is 11.4 Å². The van der Waals surface area contributed by atoms with Crippen LogP contribution in [0.1, 0.15) is 25.3 Å². The summed E-state index contributed by atoms with van der Waals surface area (Å²) in [7, 11) is 1.29. The van der Waals surface area contributed by atoms with Gasteiger partial charge in [0.2, 0.25) is 0 Å². The molecule has 1 aromatic heterocycles. The Morgan fingerprint density at radius 2 is 1.89 bits per heavy atom. The van der Waals surface area contributed by atoms with Crippen molar-refractivity contribution < 1.29 is 23.7 Å². The van der Waals surface area contributed by atoms with Crippen molar-refractivity contribution in [3.63, 3.8) is 0 Å². The molecule has 1 unspecified atom stereocenters. The van der Waals surface area contributed by atoms with Gasteiger partial charge in [-0.1, -0.05) is 12.1 Å². The second-order valence-electron chi connectivity index (χ2n) is 5.93. The minimum absolute atomic E-state index is 0.0514. The van der Waals surface area contributed by atoms with Gasteiger partial charge in [0.15, 0.2) is 0 Å². The predicted octanol–water partition coefficient (Wildman–Crippen LogP) is 2.41. The van der Waals surface area contributed by atoms with Gasteiger partial charge < -0.3 is 14.8 Å². The number of alkyl halides is 1. The number of dihydropyridines is 1. The average molecular weight is 392 g/mol. The van der Waals surface area contributed by atoms with Crippen LogP contribution in [0.2, 0.25) is 0 Å². The maximum absolute atomic E-state index is 12.8. The quantitative estimate of drug-likeness (QED) is 0.612. The fourth-order valence-corrected chi connectivity index (χ4v) is 3.30. The molecule has 2 heterocycles. The third kappa shape index (κ3) is 3.40. The lowest BCUT2D eigenvalue weighted by molar-refractivity contribution is -0.139. The highest BCUT2D eigenvalue weighted by atomic mass is 35.5. The highest BCUT2D eigenvalue weighted by Gasteiger charge is 2.39. The number of halogens is 1. The summed E-state index contributed by atoms with van der Waals surface area (Å²) in [6.07, 6.45) is 0. The van der Waals surface area contributed by atoms with E-state index in [1.54, 1.807) is 32.0 Å². The maximum atomic E-state index is 12.8. The van der Waals surface area contributed by atoms with Crippen LogP contribution in [0, 0.1) is 0 Å². The van der Waals surface area contributed by atoms with E-state index in [4.69, 9.17) is 25.7 Å². The van der Waals surface area contributed by atoms with E-state index in [2.05, 4.69) is 15.6 Å². The lowest BCUT2D eigenvalue weighted by atomic mass is 9.80. The number of methoxy groups -OCH3 is 1. The molecule has 8 nitrogen and oxygen atoms in total. The van der Waals surface area contributed by atoms with E-state index in [-0.39, 0.29) is 23.6 Å². The Balaban J connectivity index is 2.22. The van der Waals surface area contributed by atoms with Gasteiger partial charge in [-0.15, -0.1) is 11.6 Å². The Labute approximate surface area is 160 Å². The van der Waals surface area contributed by atoms with Gasteiger partial charge in [-0.05, 0) is 35.8 Å². The minimum atomic E-state index is -0.753. The van der Waals surface area contributed by atoms with Gasteiger partial charge in [-0.25, -0.2) is 14.2 Å². The Morgan fingerprint density at radius 1 is 1.19 bits per heavy atom. The molecule has 3 rings (SSSR count). The first-order chi connectivity index (χ1) is 13.0.